The van der Waals surface area contributed by atoms with Crippen LogP contribution in [0.1, 0.15) is 15.9 Å². The van der Waals surface area contributed by atoms with Crippen LogP contribution in [0.5, 0.6) is 0 Å². The van der Waals surface area contributed by atoms with Crippen LogP contribution in [0.2, 0.25) is 0 Å². The van der Waals surface area contributed by atoms with Crippen molar-refractivity contribution in [2.45, 2.75) is 6.61 Å². The fraction of sp³-hybridized carbons (Fsp3) is 0.0714. The van der Waals surface area contributed by atoms with Crippen molar-refractivity contribution < 1.29 is 18.3 Å². The molecule has 0 amide bonds. The molecule has 0 atom stereocenters. The van der Waals surface area contributed by atoms with E-state index in [1.807, 2.05) is 0 Å². The van der Waals surface area contributed by atoms with E-state index >= 15 is 0 Å². The first-order valence-electron chi connectivity index (χ1n) is 5.53. The summed E-state index contributed by atoms with van der Waals surface area (Å²) >= 11 is 0. The number of carbonyl (C=O) groups excluding carboxylic acids is 1. The molecule has 19 heavy (non-hydrogen) atoms. The van der Waals surface area contributed by atoms with E-state index in [0.29, 0.717) is 0 Å². The summed E-state index contributed by atoms with van der Waals surface area (Å²) < 4.78 is 31.3. The Bertz CT molecular complexity index is 594. The summed E-state index contributed by atoms with van der Waals surface area (Å²) in [6.07, 6.45) is 0. The molecule has 0 aromatic heterocycles. The minimum atomic E-state index is -0.755. The zero-order valence-corrected chi connectivity index (χ0v) is 9.90. The summed E-state index contributed by atoms with van der Waals surface area (Å²) in [5.41, 5.74) is 5.79. The second-order valence-corrected chi connectivity index (χ2v) is 3.94. The number of anilines is 1. The molecular weight excluding hydrogens is 252 g/mol. The van der Waals surface area contributed by atoms with Gasteiger partial charge in [0.1, 0.15) is 18.2 Å². The summed E-state index contributed by atoms with van der Waals surface area (Å²) in [5.74, 6) is -1.85. The maximum absolute atomic E-state index is 13.3. The molecule has 0 heterocycles. The van der Waals surface area contributed by atoms with Crippen molar-refractivity contribution in [1.29, 1.82) is 0 Å². The van der Waals surface area contributed by atoms with E-state index in [1.165, 1.54) is 24.3 Å². The van der Waals surface area contributed by atoms with Gasteiger partial charge in [0.05, 0.1) is 5.56 Å². The molecule has 0 radical (unpaired) electrons. The van der Waals surface area contributed by atoms with Crippen molar-refractivity contribution in [3.63, 3.8) is 0 Å². The van der Waals surface area contributed by atoms with Crippen molar-refractivity contribution in [2.75, 3.05) is 5.73 Å². The van der Waals surface area contributed by atoms with Crippen LogP contribution in [0.3, 0.4) is 0 Å². The Hall–Kier alpha value is -2.43. The van der Waals surface area contributed by atoms with Gasteiger partial charge in [0, 0.05) is 11.3 Å². The number of rotatable bonds is 3. The highest BCUT2D eigenvalue weighted by Gasteiger charge is 2.11. The third-order valence-electron chi connectivity index (χ3n) is 2.47. The predicted octanol–water partition coefficient (Wildman–Crippen LogP) is 2.90. The molecule has 2 N–H and O–H groups in total. The van der Waals surface area contributed by atoms with E-state index in [0.717, 1.165) is 12.1 Å². The molecule has 0 bridgehead atoms. The zero-order valence-electron chi connectivity index (χ0n) is 9.90. The van der Waals surface area contributed by atoms with Gasteiger partial charge in [0.2, 0.25) is 0 Å². The van der Waals surface area contributed by atoms with E-state index in [9.17, 15) is 13.6 Å². The van der Waals surface area contributed by atoms with Gasteiger partial charge in [-0.25, -0.2) is 13.6 Å². The van der Waals surface area contributed by atoms with E-state index in [4.69, 9.17) is 10.5 Å². The van der Waals surface area contributed by atoms with Crippen LogP contribution in [0.4, 0.5) is 14.5 Å². The Labute approximate surface area is 108 Å². The molecule has 3 nitrogen and oxygen atoms in total. The molecule has 98 valence electrons. The number of halogens is 2. The number of carbonyl (C=O) groups is 1. The minimum Gasteiger partial charge on any atom is -0.457 e. The van der Waals surface area contributed by atoms with Crippen LogP contribution in [0.15, 0.2) is 42.5 Å². The first kappa shape index (κ1) is 13.0. The van der Waals surface area contributed by atoms with Crippen LogP contribution in [0.25, 0.3) is 0 Å². The van der Waals surface area contributed by atoms with Crippen molar-refractivity contribution in [3.8, 4) is 0 Å². The summed E-state index contributed by atoms with van der Waals surface area (Å²) in [6, 6.07) is 9.34. The molecule has 0 spiro atoms. The first-order chi connectivity index (χ1) is 9.06. The Morgan fingerprint density at radius 3 is 2.58 bits per heavy atom. The molecule has 2 aromatic rings. The average molecular weight is 263 g/mol. The van der Waals surface area contributed by atoms with Crippen molar-refractivity contribution >= 4 is 11.7 Å². The van der Waals surface area contributed by atoms with Crippen LogP contribution < -0.4 is 5.73 Å². The average Bonchev–Trinajstić information content (AvgIpc) is 2.36. The number of hydrogen-bond acceptors (Lipinski definition) is 3. The Balaban J connectivity index is 2.08. The van der Waals surface area contributed by atoms with E-state index in [-0.39, 0.29) is 23.4 Å². The van der Waals surface area contributed by atoms with Gasteiger partial charge in [-0.2, -0.15) is 0 Å². The van der Waals surface area contributed by atoms with E-state index in [1.54, 1.807) is 6.07 Å². The van der Waals surface area contributed by atoms with E-state index in [2.05, 4.69) is 0 Å². The SMILES string of the molecule is Nc1cc(F)cc(C(=O)OCc2ccccc2F)c1. The molecule has 0 aliphatic rings. The quantitative estimate of drug-likeness (QED) is 0.684. The lowest BCUT2D eigenvalue weighted by Crippen LogP contribution is -2.07. The number of nitrogens with two attached hydrogens (primary N) is 1. The van der Waals surface area contributed by atoms with Gasteiger partial charge >= 0.3 is 5.97 Å². The lowest BCUT2D eigenvalue weighted by atomic mass is 10.2. The van der Waals surface area contributed by atoms with Gasteiger partial charge in [0.15, 0.2) is 0 Å². The lowest BCUT2D eigenvalue weighted by molar-refractivity contribution is 0.0468. The van der Waals surface area contributed by atoms with E-state index < -0.39 is 17.6 Å². The Morgan fingerprint density at radius 1 is 1.16 bits per heavy atom. The second-order valence-electron chi connectivity index (χ2n) is 3.94. The van der Waals surface area contributed by atoms with Crippen molar-refractivity contribution in [3.05, 3.63) is 65.2 Å². The molecule has 2 aromatic carbocycles. The number of benzene rings is 2. The highest BCUT2D eigenvalue weighted by molar-refractivity contribution is 5.90. The van der Waals surface area contributed by atoms with Crippen molar-refractivity contribution in [1.82, 2.24) is 0 Å². The van der Waals surface area contributed by atoms with Gasteiger partial charge in [-0.3, -0.25) is 0 Å². The van der Waals surface area contributed by atoms with Gasteiger partial charge < -0.3 is 10.5 Å². The third-order valence-corrected chi connectivity index (χ3v) is 2.47. The Morgan fingerprint density at radius 2 is 1.89 bits per heavy atom. The molecule has 0 unspecified atom stereocenters. The molecule has 0 aliphatic carbocycles. The number of nitrogen functional groups attached to an aromatic ring is 1. The van der Waals surface area contributed by atoms with Crippen LogP contribution >= 0.6 is 0 Å². The molecule has 0 fully saturated rings. The fourth-order valence-electron chi connectivity index (χ4n) is 1.57. The highest BCUT2D eigenvalue weighted by atomic mass is 19.1. The molecular formula is C14H11F2NO2. The maximum Gasteiger partial charge on any atom is 0.338 e. The van der Waals surface area contributed by atoms with Crippen molar-refractivity contribution in [2.24, 2.45) is 0 Å². The predicted molar refractivity (Wildman–Crippen MR) is 66.3 cm³/mol. The van der Waals surface area contributed by atoms with Crippen LogP contribution in [-0.2, 0) is 11.3 Å². The number of esters is 1. The second kappa shape index (κ2) is 5.48. The summed E-state index contributed by atoms with van der Waals surface area (Å²) in [4.78, 5) is 11.7. The first-order valence-corrected chi connectivity index (χ1v) is 5.53. The van der Waals surface area contributed by atoms with Gasteiger partial charge in [-0.15, -0.1) is 0 Å². The number of hydrogen-bond donors (Lipinski definition) is 1. The molecule has 0 saturated heterocycles. The molecule has 0 aliphatic heterocycles. The largest absolute Gasteiger partial charge is 0.457 e. The molecule has 0 saturated carbocycles. The van der Waals surface area contributed by atoms with Gasteiger partial charge in [-0.05, 0) is 24.3 Å². The molecule has 5 heteroatoms. The lowest BCUT2D eigenvalue weighted by Gasteiger charge is -2.06. The standard InChI is InChI=1S/C14H11F2NO2/c15-11-5-10(6-12(17)7-11)14(18)19-8-9-3-1-2-4-13(9)16/h1-7H,8,17H2. The topological polar surface area (TPSA) is 52.3 Å². The van der Waals surface area contributed by atoms with Crippen LogP contribution in [0, 0.1) is 11.6 Å². The zero-order chi connectivity index (χ0) is 13.8. The maximum atomic E-state index is 13.3. The van der Waals surface area contributed by atoms with Gasteiger partial charge in [0.25, 0.3) is 0 Å². The highest BCUT2D eigenvalue weighted by Crippen LogP contribution is 2.14. The Kier molecular flexibility index (Phi) is 3.75. The summed E-state index contributed by atoms with van der Waals surface area (Å²) in [5, 5.41) is 0. The summed E-state index contributed by atoms with van der Waals surface area (Å²) in [7, 11) is 0. The fourth-order valence-corrected chi connectivity index (χ4v) is 1.57. The van der Waals surface area contributed by atoms with Gasteiger partial charge in [-0.1, -0.05) is 18.2 Å². The monoisotopic (exact) mass is 263 g/mol. The third kappa shape index (κ3) is 3.28. The summed E-state index contributed by atoms with van der Waals surface area (Å²) in [6.45, 7) is -0.220. The number of ether oxygens (including phenoxy) is 1. The molecule has 2 rings (SSSR count). The normalized spacial score (nSPS) is 10.2. The smallest absolute Gasteiger partial charge is 0.338 e. The van der Waals surface area contributed by atoms with Crippen LogP contribution in [-0.4, -0.2) is 5.97 Å². The minimum absolute atomic E-state index is 0.00570.